The summed E-state index contributed by atoms with van der Waals surface area (Å²) in [6.45, 7) is 0. The lowest BCUT2D eigenvalue weighted by Gasteiger charge is -2.20. The average molecular weight is 464 g/mol. The Labute approximate surface area is 203 Å². The lowest BCUT2D eigenvalue weighted by molar-refractivity contribution is 0.0935. The van der Waals surface area contributed by atoms with E-state index in [2.05, 4.69) is 5.32 Å². The van der Waals surface area contributed by atoms with Gasteiger partial charge in [-0.2, -0.15) is 5.10 Å². The number of carbonyl (C=O) groups excluding carboxylic acids is 1. The molecule has 4 nitrogen and oxygen atoms in total. The first-order valence-electron chi connectivity index (χ1n) is 11.0. The van der Waals surface area contributed by atoms with Crippen LogP contribution in [0.2, 0.25) is 5.02 Å². The van der Waals surface area contributed by atoms with Crippen molar-refractivity contribution < 1.29 is 4.79 Å². The van der Waals surface area contributed by atoms with E-state index in [1.165, 1.54) is 0 Å². The van der Waals surface area contributed by atoms with E-state index in [9.17, 15) is 4.79 Å². The Bertz CT molecular complexity index is 1340. The molecule has 0 spiro atoms. The zero-order valence-electron chi connectivity index (χ0n) is 18.3. The number of hydrogen-bond donors (Lipinski definition) is 1. The second kappa shape index (κ2) is 9.77. The van der Waals surface area contributed by atoms with E-state index in [1.54, 1.807) is 16.8 Å². The van der Waals surface area contributed by atoms with Crippen LogP contribution in [-0.2, 0) is 0 Å². The molecule has 5 aromatic rings. The maximum absolute atomic E-state index is 13.7. The van der Waals surface area contributed by atoms with Gasteiger partial charge in [-0.15, -0.1) is 0 Å². The molecule has 0 fully saturated rings. The van der Waals surface area contributed by atoms with Crippen molar-refractivity contribution in [2.75, 3.05) is 0 Å². The van der Waals surface area contributed by atoms with Gasteiger partial charge in [-0.05, 0) is 41.5 Å². The molecule has 0 aliphatic heterocycles. The first kappa shape index (κ1) is 21.7. The second-order valence-electron chi connectivity index (χ2n) is 7.90. The number of aromatic nitrogens is 2. The molecular weight excluding hydrogens is 442 g/mol. The minimum Gasteiger partial charge on any atom is -0.340 e. The Balaban J connectivity index is 1.57. The minimum atomic E-state index is -0.302. The summed E-state index contributed by atoms with van der Waals surface area (Å²) >= 11 is 6.10. The third-order valence-corrected chi connectivity index (χ3v) is 5.88. The normalized spacial score (nSPS) is 10.9. The maximum Gasteiger partial charge on any atom is 0.270 e. The summed E-state index contributed by atoms with van der Waals surface area (Å²) in [6, 6.07) is 38.5. The van der Waals surface area contributed by atoms with E-state index >= 15 is 0 Å². The quantitative estimate of drug-likeness (QED) is 0.304. The van der Waals surface area contributed by atoms with Gasteiger partial charge in [-0.25, -0.2) is 4.68 Å². The van der Waals surface area contributed by atoms with Crippen molar-refractivity contribution in [3.05, 3.63) is 143 Å². The summed E-state index contributed by atoms with van der Waals surface area (Å²) in [7, 11) is 0. The van der Waals surface area contributed by atoms with E-state index in [1.807, 2.05) is 109 Å². The van der Waals surface area contributed by atoms with Gasteiger partial charge in [0.2, 0.25) is 0 Å². The van der Waals surface area contributed by atoms with Gasteiger partial charge in [0.25, 0.3) is 5.91 Å². The van der Waals surface area contributed by atoms with Crippen LogP contribution in [0.1, 0.15) is 27.7 Å². The SMILES string of the molecule is O=C(NC(c1ccccc1)c1ccccc1)c1cc(-c2ccccc2)nn1-c1ccc(Cl)cc1. The Morgan fingerprint density at radius 2 is 1.26 bits per heavy atom. The first-order valence-corrected chi connectivity index (χ1v) is 11.4. The molecule has 0 aliphatic carbocycles. The Kier molecular flexibility index (Phi) is 6.23. The fourth-order valence-corrected chi connectivity index (χ4v) is 4.05. The van der Waals surface area contributed by atoms with Crippen molar-refractivity contribution in [2.45, 2.75) is 6.04 Å². The topological polar surface area (TPSA) is 46.9 Å². The van der Waals surface area contributed by atoms with Crippen molar-refractivity contribution in [1.82, 2.24) is 15.1 Å². The summed E-state index contributed by atoms with van der Waals surface area (Å²) in [5, 5.41) is 8.62. The third-order valence-electron chi connectivity index (χ3n) is 5.62. The first-order chi connectivity index (χ1) is 16.7. The zero-order valence-corrected chi connectivity index (χ0v) is 19.1. The van der Waals surface area contributed by atoms with Crippen LogP contribution in [0.15, 0.2) is 121 Å². The van der Waals surface area contributed by atoms with Gasteiger partial charge < -0.3 is 5.32 Å². The van der Waals surface area contributed by atoms with E-state index in [0.717, 1.165) is 28.1 Å². The van der Waals surface area contributed by atoms with Gasteiger partial charge >= 0.3 is 0 Å². The minimum absolute atomic E-state index is 0.220. The molecule has 1 heterocycles. The highest BCUT2D eigenvalue weighted by Crippen LogP contribution is 2.25. The molecule has 0 saturated carbocycles. The van der Waals surface area contributed by atoms with Crippen molar-refractivity contribution in [3.63, 3.8) is 0 Å². The standard InChI is InChI=1S/C29H22ClN3O/c30-24-16-18-25(19-17-24)33-27(20-26(32-33)21-10-4-1-5-11-21)29(34)31-28(22-12-6-2-7-13-22)23-14-8-3-9-15-23/h1-20,28H,(H,31,34). The number of carbonyl (C=O) groups is 1. The fraction of sp³-hybridized carbons (Fsp3) is 0.0345. The number of hydrogen-bond acceptors (Lipinski definition) is 2. The number of amides is 1. The molecule has 5 heteroatoms. The van der Waals surface area contributed by atoms with Gasteiger partial charge in [-0.3, -0.25) is 4.79 Å². The molecule has 1 aromatic heterocycles. The number of rotatable bonds is 6. The molecular formula is C29H22ClN3O. The number of nitrogens with one attached hydrogen (secondary N) is 1. The highest BCUT2D eigenvalue weighted by molar-refractivity contribution is 6.30. The van der Waals surface area contributed by atoms with E-state index in [0.29, 0.717) is 10.7 Å². The largest absolute Gasteiger partial charge is 0.340 e. The fourth-order valence-electron chi connectivity index (χ4n) is 3.93. The third kappa shape index (κ3) is 4.63. The Morgan fingerprint density at radius 1 is 0.735 bits per heavy atom. The van der Waals surface area contributed by atoms with Crippen molar-refractivity contribution in [2.24, 2.45) is 0 Å². The number of benzene rings is 4. The molecule has 0 unspecified atom stereocenters. The lowest BCUT2D eigenvalue weighted by atomic mass is 9.98. The van der Waals surface area contributed by atoms with Gasteiger partial charge in [0.15, 0.2) is 0 Å². The van der Waals surface area contributed by atoms with E-state index in [4.69, 9.17) is 16.7 Å². The summed E-state index contributed by atoms with van der Waals surface area (Å²) in [5.74, 6) is -0.220. The van der Waals surface area contributed by atoms with Crippen LogP contribution in [0.3, 0.4) is 0 Å². The van der Waals surface area contributed by atoms with Gasteiger partial charge in [0.05, 0.1) is 17.4 Å². The summed E-state index contributed by atoms with van der Waals surface area (Å²) in [5.41, 5.74) is 4.86. The Hall–Kier alpha value is -4.15. The molecule has 4 aromatic carbocycles. The van der Waals surface area contributed by atoms with Crippen molar-refractivity contribution in [1.29, 1.82) is 0 Å². The van der Waals surface area contributed by atoms with Gasteiger partial charge in [-0.1, -0.05) is 103 Å². The van der Waals surface area contributed by atoms with Crippen LogP contribution in [0.5, 0.6) is 0 Å². The molecule has 0 aliphatic rings. The highest BCUT2D eigenvalue weighted by Gasteiger charge is 2.22. The second-order valence-corrected chi connectivity index (χ2v) is 8.33. The average Bonchev–Trinajstić information content (AvgIpc) is 3.35. The van der Waals surface area contributed by atoms with Crippen molar-refractivity contribution in [3.8, 4) is 16.9 Å². The summed E-state index contributed by atoms with van der Waals surface area (Å²) in [4.78, 5) is 13.7. The molecule has 0 saturated heterocycles. The summed E-state index contributed by atoms with van der Waals surface area (Å²) in [6.07, 6.45) is 0. The van der Waals surface area contributed by atoms with Gasteiger partial charge in [0, 0.05) is 10.6 Å². The highest BCUT2D eigenvalue weighted by atomic mass is 35.5. The predicted molar refractivity (Wildman–Crippen MR) is 136 cm³/mol. The molecule has 1 amide bonds. The van der Waals surface area contributed by atoms with Gasteiger partial charge in [0.1, 0.15) is 5.69 Å². The van der Waals surface area contributed by atoms with Crippen LogP contribution >= 0.6 is 11.6 Å². The van der Waals surface area contributed by atoms with Crippen LogP contribution < -0.4 is 5.32 Å². The van der Waals surface area contributed by atoms with Crippen molar-refractivity contribution >= 4 is 17.5 Å². The molecule has 34 heavy (non-hydrogen) atoms. The smallest absolute Gasteiger partial charge is 0.270 e. The number of halogens is 1. The monoisotopic (exact) mass is 463 g/mol. The van der Waals surface area contributed by atoms with E-state index in [-0.39, 0.29) is 11.9 Å². The summed E-state index contributed by atoms with van der Waals surface area (Å²) < 4.78 is 1.67. The van der Waals surface area contributed by atoms with Crippen LogP contribution in [-0.4, -0.2) is 15.7 Å². The van der Waals surface area contributed by atoms with Crippen LogP contribution in [0.4, 0.5) is 0 Å². The number of nitrogens with zero attached hydrogens (tertiary/aromatic N) is 2. The van der Waals surface area contributed by atoms with Crippen LogP contribution in [0.25, 0.3) is 16.9 Å². The lowest BCUT2D eigenvalue weighted by Crippen LogP contribution is -2.31. The molecule has 0 bridgehead atoms. The van der Waals surface area contributed by atoms with E-state index < -0.39 is 0 Å². The van der Waals surface area contributed by atoms with Crippen LogP contribution in [0, 0.1) is 0 Å². The molecule has 0 atom stereocenters. The predicted octanol–water partition coefficient (Wildman–Crippen LogP) is 6.71. The molecule has 1 N–H and O–H groups in total. The molecule has 166 valence electrons. The maximum atomic E-state index is 13.7. The molecule has 5 rings (SSSR count). The zero-order chi connectivity index (χ0) is 23.3. The molecule has 0 radical (unpaired) electrons. The Morgan fingerprint density at radius 3 is 1.82 bits per heavy atom.